The first-order valence-corrected chi connectivity index (χ1v) is 7.02. The Morgan fingerprint density at radius 3 is 2.95 bits per heavy atom. The van der Waals surface area contributed by atoms with Gasteiger partial charge in [-0.15, -0.1) is 0 Å². The van der Waals surface area contributed by atoms with Crippen LogP contribution in [0.4, 0.5) is 0 Å². The van der Waals surface area contributed by atoms with Gasteiger partial charge in [-0.05, 0) is 24.7 Å². The first kappa shape index (κ1) is 12.7. The summed E-state index contributed by atoms with van der Waals surface area (Å²) in [6.07, 6.45) is 5.32. The van der Waals surface area contributed by atoms with Gasteiger partial charge in [0.25, 0.3) is 0 Å². The number of rotatable bonds is 1. The smallest absolute Gasteiger partial charge is 0.166 e. The Kier molecular flexibility index (Phi) is 3.13. The number of carbonyl (C=O) groups excluding carboxylic acids is 1. The average Bonchev–Trinajstić information content (AvgIpc) is 2.37. The van der Waals surface area contributed by atoms with Crippen LogP contribution in [0.3, 0.4) is 0 Å². The van der Waals surface area contributed by atoms with Crippen LogP contribution in [0, 0.1) is 5.41 Å². The van der Waals surface area contributed by atoms with E-state index in [2.05, 4.69) is 23.8 Å². The highest BCUT2D eigenvalue weighted by Gasteiger charge is 2.33. The van der Waals surface area contributed by atoms with E-state index in [1.165, 1.54) is 0 Å². The molecule has 0 spiro atoms. The van der Waals surface area contributed by atoms with Crippen LogP contribution in [-0.4, -0.2) is 29.0 Å². The van der Waals surface area contributed by atoms with Gasteiger partial charge in [-0.25, -0.2) is 9.97 Å². The minimum absolute atomic E-state index is 0.0127. The molecule has 0 N–H and O–H groups in total. The maximum Gasteiger partial charge on any atom is 0.166 e. The molecular formula is C15H20N2O2. The van der Waals surface area contributed by atoms with Gasteiger partial charge in [0, 0.05) is 25.1 Å². The molecule has 0 saturated carbocycles. The monoisotopic (exact) mass is 260 g/mol. The highest BCUT2D eigenvalue weighted by Crippen LogP contribution is 2.34. The average molecular weight is 260 g/mol. The van der Waals surface area contributed by atoms with Crippen LogP contribution in [0.25, 0.3) is 0 Å². The predicted octanol–water partition coefficient (Wildman–Crippen LogP) is 2.53. The molecule has 102 valence electrons. The first-order chi connectivity index (χ1) is 9.05. The van der Waals surface area contributed by atoms with E-state index in [-0.39, 0.29) is 11.2 Å². The van der Waals surface area contributed by atoms with Crippen LogP contribution < -0.4 is 0 Å². The lowest BCUT2D eigenvalue weighted by Crippen LogP contribution is -2.29. The van der Waals surface area contributed by atoms with E-state index in [4.69, 9.17) is 4.74 Å². The molecule has 1 aliphatic carbocycles. The third kappa shape index (κ3) is 2.54. The third-order valence-electron chi connectivity index (χ3n) is 4.00. The second-order valence-corrected chi connectivity index (χ2v) is 6.44. The number of hydrogen-bond donors (Lipinski definition) is 0. The van der Waals surface area contributed by atoms with Crippen LogP contribution in [0.15, 0.2) is 6.20 Å². The zero-order chi connectivity index (χ0) is 13.5. The molecule has 0 radical (unpaired) electrons. The van der Waals surface area contributed by atoms with E-state index in [9.17, 15) is 4.79 Å². The minimum Gasteiger partial charge on any atom is -0.381 e. The lowest BCUT2D eigenvalue weighted by Gasteiger charge is -2.30. The predicted molar refractivity (Wildman–Crippen MR) is 71.3 cm³/mol. The number of fused-ring (bicyclic) bond motifs is 1. The summed E-state index contributed by atoms with van der Waals surface area (Å²) in [5, 5.41) is 0. The van der Waals surface area contributed by atoms with Crippen molar-refractivity contribution in [3.63, 3.8) is 0 Å². The number of hydrogen-bond acceptors (Lipinski definition) is 4. The summed E-state index contributed by atoms with van der Waals surface area (Å²) in [4.78, 5) is 21.2. The van der Waals surface area contributed by atoms with Crippen molar-refractivity contribution >= 4 is 5.78 Å². The second-order valence-electron chi connectivity index (χ2n) is 6.44. The topological polar surface area (TPSA) is 52.1 Å². The summed E-state index contributed by atoms with van der Waals surface area (Å²) in [7, 11) is 0. The van der Waals surface area contributed by atoms with Gasteiger partial charge < -0.3 is 4.74 Å². The molecule has 0 amide bonds. The Balaban J connectivity index is 1.92. The number of aromatic nitrogens is 2. The molecule has 0 bridgehead atoms. The molecule has 2 heterocycles. The van der Waals surface area contributed by atoms with Crippen LogP contribution in [-0.2, 0) is 11.2 Å². The summed E-state index contributed by atoms with van der Waals surface area (Å²) >= 11 is 0. The highest BCUT2D eigenvalue weighted by atomic mass is 16.5. The maximum atomic E-state index is 12.1. The minimum atomic E-state index is 0.0127. The maximum absolute atomic E-state index is 12.1. The lowest BCUT2D eigenvalue weighted by atomic mass is 9.76. The van der Waals surface area contributed by atoms with E-state index in [1.807, 2.05) is 0 Å². The van der Waals surface area contributed by atoms with E-state index in [1.54, 1.807) is 6.20 Å². The fourth-order valence-electron chi connectivity index (χ4n) is 2.99. The summed E-state index contributed by atoms with van der Waals surface area (Å²) in [6.45, 7) is 5.79. The van der Waals surface area contributed by atoms with Crippen LogP contribution in [0.1, 0.15) is 60.9 Å². The molecule has 3 rings (SSSR count). The molecule has 1 aliphatic heterocycles. The summed E-state index contributed by atoms with van der Waals surface area (Å²) in [5.74, 6) is 1.32. The van der Waals surface area contributed by atoms with Crippen molar-refractivity contribution < 1.29 is 9.53 Å². The van der Waals surface area contributed by atoms with E-state index >= 15 is 0 Å². The van der Waals surface area contributed by atoms with Crippen molar-refractivity contribution in [1.82, 2.24) is 9.97 Å². The largest absolute Gasteiger partial charge is 0.381 e. The van der Waals surface area contributed by atoms with Gasteiger partial charge in [0.2, 0.25) is 0 Å². The molecule has 1 saturated heterocycles. The SMILES string of the molecule is CC1(C)CC(=O)c2cnc(C3CCCOC3)nc2C1. The van der Waals surface area contributed by atoms with E-state index in [0.717, 1.165) is 43.0 Å². The lowest BCUT2D eigenvalue weighted by molar-refractivity contribution is 0.0777. The molecule has 1 fully saturated rings. The Bertz CT molecular complexity index is 505. The molecule has 4 heteroatoms. The van der Waals surface area contributed by atoms with Crippen LogP contribution >= 0.6 is 0 Å². The molecule has 1 aromatic rings. The fraction of sp³-hybridized carbons (Fsp3) is 0.667. The normalized spacial score (nSPS) is 26.0. The van der Waals surface area contributed by atoms with Gasteiger partial charge in [0.15, 0.2) is 5.78 Å². The first-order valence-electron chi connectivity index (χ1n) is 7.02. The Labute approximate surface area is 113 Å². The Hall–Kier alpha value is -1.29. The molecule has 19 heavy (non-hydrogen) atoms. The van der Waals surface area contributed by atoms with Gasteiger partial charge in [-0.1, -0.05) is 13.8 Å². The standard InChI is InChI=1S/C15H20N2O2/c1-15(2)6-12-11(13(18)7-15)8-16-14(17-12)10-4-3-5-19-9-10/h8,10H,3-7,9H2,1-2H3. The molecule has 1 unspecified atom stereocenters. The van der Waals surface area contributed by atoms with Crippen molar-refractivity contribution in [3.05, 3.63) is 23.3 Å². The van der Waals surface area contributed by atoms with Crippen molar-refractivity contribution in [2.45, 2.75) is 45.4 Å². The van der Waals surface area contributed by atoms with Crippen LogP contribution in [0.5, 0.6) is 0 Å². The third-order valence-corrected chi connectivity index (χ3v) is 4.00. The summed E-state index contributed by atoms with van der Waals surface area (Å²) in [5.41, 5.74) is 1.66. The van der Waals surface area contributed by atoms with E-state index < -0.39 is 0 Å². The van der Waals surface area contributed by atoms with Crippen molar-refractivity contribution in [2.75, 3.05) is 13.2 Å². The molecule has 1 atom stereocenters. The zero-order valence-corrected chi connectivity index (χ0v) is 11.6. The van der Waals surface area contributed by atoms with Gasteiger partial charge in [0.05, 0.1) is 17.9 Å². The van der Waals surface area contributed by atoms with Gasteiger partial charge in [-0.2, -0.15) is 0 Å². The van der Waals surface area contributed by atoms with Crippen molar-refractivity contribution in [1.29, 1.82) is 0 Å². The van der Waals surface area contributed by atoms with Gasteiger partial charge in [0.1, 0.15) is 5.82 Å². The summed E-state index contributed by atoms with van der Waals surface area (Å²) < 4.78 is 5.50. The molecule has 0 aromatic carbocycles. The Morgan fingerprint density at radius 1 is 1.37 bits per heavy atom. The van der Waals surface area contributed by atoms with Crippen molar-refractivity contribution in [2.24, 2.45) is 5.41 Å². The molecule has 1 aromatic heterocycles. The number of ketones is 1. The zero-order valence-electron chi connectivity index (χ0n) is 11.6. The van der Waals surface area contributed by atoms with Crippen molar-refractivity contribution in [3.8, 4) is 0 Å². The van der Waals surface area contributed by atoms with E-state index in [0.29, 0.717) is 18.9 Å². The Morgan fingerprint density at radius 2 is 2.21 bits per heavy atom. The number of Topliss-reactive ketones (excluding diaryl/α,β-unsaturated/α-hetero) is 1. The number of ether oxygens (including phenoxy) is 1. The number of carbonyl (C=O) groups is 1. The van der Waals surface area contributed by atoms with Gasteiger partial charge in [-0.3, -0.25) is 4.79 Å². The van der Waals surface area contributed by atoms with Crippen LogP contribution in [0.2, 0.25) is 0 Å². The highest BCUT2D eigenvalue weighted by molar-refractivity contribution is 5.98. The molecule has 2 aliphatic rings. The van der Waals surface area contributed by atoms with Gasteiger partial charge >= 0.3 is 0 Å². The number of nitrogens with zero attached hydrogens (tertiary/aromatic N) is 2. The molecule has 4 nitrogen and oxygen atoms in total. The summed E-state index contributed by atoms with van der Waals surface area (Å²) in [6, 6.07) is 0. The fourth-order valence-corrected chi connectivity index (χ4v) is 2.99. The molecular weight excluding hydrogens is 240 g/mol. The quantitative estimate of drug-likeness (QED) is 0.778. The second kappa shape index (κ2) is 4.67.